The minimum atomic E-state index is -0.481. The largest absolute Gasteiger partial charge is 0.462 e. The fourth-order valence-corrected chi connectivity index (χ4v) is 2.21. The zero-order valence-corrected chi connectivity index (χ0v) is 13.1. The quantitative estimate of drug-likeness (QED) is 0.451. The van der Waals surface area contributed by atoms with Crippen LogP contribution in [0.2, 0.25) is 0 Å². The SMILES string of the molecule is CCOC(=O)C=C=C[C@@H]1[C@@H](C(=O)OC(C)(C)C)C1(C)C. The van der Waals surface area contributed by atoms with Gasteiger partial charge in [-0.2, -0.15) is 0 Å². The van der Waals surface area contributed by atoms with Crippen molar-refractivity contribution in [3.8, 4) is 0 Å². The van der Waals surface area contributed by atoms with Crippen molar-refractivity contribution in [3.05, 3.63) is 17.9 Å². The van der Waals surface area contributed by atoms with E-state index in [9.17, 15) is 9.59 Å². The molecule has 1 saturated carbocycles. The lowest BCUT2D eigenvalue weighted by Crippen LogP contribution is -2.26. The molecular weight excluding hydrogens is 256 g/mol. The van der Waals surface area contributed by atoms with Crippen LogP contribution in [-0.4, -0.2) is 24.1 Å². The molecule has 4 nitrogen and oxygen atoms in total. The summed E-state index contributed by atoms with van der Waals surface area (Å²) in [4.78, 5) is 23.2. The van der Waals surface area contributed by atoms with Crippen molar-refractivity contribution >= 4 is 11.9 Å². The van der Waals surface area contributed by atoms with Crippen LogP contribution in [0.3, 0.4) is 0 Å². The Morgan fingerprint density at radius 3 is 2.40 bits per heavy atom. The lowest BCUT2D eigenvalue weighted by Gasteiger charge is -2.19. The molecule has 0 aromatic carbocycles. The highest BCUT2D eigenvalue weighted by Crippen LogP contribution is 2.59. The minimum absolute atomic E-state index is 0.0445. The molecule has 1 rings (SSSR count). The average molecular weight is 280 g/mol. The molecule has 0 heterocycles. The van der Waals surface area contributed by atoms with Gasteiger partial charge in [-0.15, -0.1) is 5.73 Å². The maximum absolute atomic E-state index is 12.1. The van der Waals surface area contributed by atoms with Crippen molar-refractivity contribution < 1.29 is 19.1 Å². The van der Waals surface area contributed by atoms with Gasteiger partial charge in [0.15, 0.2) is 0 Å². The van der Waals surface area contributed by atoms with E-state index in [2.05, 4.69) is 5.73 Å². The highest BCUT2D eigenvalue weighted by molar-refractivity contribution is 5.82. The predicted molar refractivity (Wildman–Crippen MR) is 75.9 cm³/mol. The van der Waals surface area contributed by atoms with Gasteiger partial charge in [0.1, 0.15) is 5.60 Å². The number of carbonyl (C=O) groups is 2. The van der Waals surface area contributed by atoms with Gasteiger partial charge in [-0.05, 0) is 39.2 Å². The molecule has 0 saturated heterocycles. The molecular formula is C16H24O4. The molecule has 0 aromatic heterocycles. The van der Waals surface area contributed by atoms with Crippen LogP contribution in [0.5, 0.6) is 0 Å². The smallest absolute Gasteiger partial charge is 0.338 e. The van der Waals surface area contributed by atoms with Gasteiger partial charge in [0, 0.05) is 5.92 Å². The van der Waals surface area contributed by atoms with Crippen LogP contribution in [0.25, 0.3) is 0 Å². The minimum Gasteiger partial charge on any atom is -0.462 e. The van der Waals surface area contributed by atoms with Gasteiger partial charge in [-0.1, -0.05) is 13.8 Å². The third-order valence-corrected chi connectivity index (χ3v) is 3.33. The van der Waals surface area contributed by atoms with E-state index in [4.69, 9.17) is 9.47 Å². The van der Waals surface area contributed by atoms with Crippen molar-refractivity contribution in [1.82, 2.24) is 0 Å². The topological polar surface area (TPSA) is 52.6 Å². The Morgan fingerprint density at radius 1 is 1.30 bits per heavy atom. The maximum atomic E-state index is 12.1. The second-order valence-electron chi connectivity index (χ2n) is 6.59. The molecule has 2 atom stereocenters. The normalized spacial score (nSPS) is 23.3. The molecule has 4 heteroatoms. The van der Waals surface area contributed by atoms with E-state index in [-0.39, 0.29) is 23.2 Å². The van der Waals surface area contributed by atoms with Crippen molar-refractivity contribution in [1.29, 1.82) is 0 Å². The Morgan fingerprint density at radius 2 is 1.90 bits per heavy atom. The molecule has 0 N–H and O–H groups in total. The van der Waals surface area contributed by atoms with Gasteiger partial charge < -0.3 is 9.47 Å². The summed E-state index contributed by atoms with van der Waals surface area (Å²) in [5, 5.41) is 0. The monoisotopic (exact) mass is 280 g/mol. The first kappa shape index (κ1) is 16.5. The summed E-state index contributed by atoms with van der Waals surface area (Å²) in [6.07, 6.45) is 3.01. The van der Waals surface area contributed by atoms with E-state index in [0.717, 1.165) is 0 Å². The summed E-state index contributed by atoms with van der Waals surface area (Å²) in [5.74, 6) is -0.745. The van der Waals surface area contributed by atoms with Crippen LogP contribution in [0.1, 0.15) is 41.5 Å². The fraction of sp³-hybridized carbons (Fsp3) is 0.688. The number of hydrogen-bond donors (Lipinski definition) is 0. The van der Waals surface area contributed by atoms with Crippen molar-refractivity contribution in [2.75, 3.05) is 6.61 Å². The van der Waals surface area contributed by atoms with Crippen molar-refractivity contribution in [2.45, 2.75) is 47.1 Å². The van der Waals surface area contributed by atoms with Gasteiger partial charge in [0.2, 0.25) is 0 Å². The molecule has 0 bridgehead atoms. The Balaban J connectivity index is 2.67. The van der Waals surface area contributed by atoms with Gasteiger partial charge in [0.25, 0.3) is 0 Å². The molecule has 1 aliphatic rings. The van der Waals surface area contributed by atoms with Crippen molar-refractivity contribution in [3.63, 3.8) is 0 Å². The number of esters is 2. The van der Waals surface area contributed by atoms with Gasteiger partial charge >= 0.3 is 11.9 Å². The van der Waals surface area contributed by atoms with Crippen LogP contribution in [0.15, 0.2) is 17.9 Å². The van der Waals surface area contributed by atoms with Crippen LogP contribution >= 0.6 is 0 Å². The number of ether oxygens (including phenoxy) is 2. The average Bonchev–Trinajstić information content (AvgIpc) is 2.78. The molecule has 0 radical (unpaired) electrons. The number of carbonyl (C=O) groups excluding carboxylic acids is 2. The summed E-state index contributed by atoms with van der Waals surface area (Å²) < 4.78 is 10.2. The molecule has 1 fully saturated rings. The second-order valence-corrected chi connectivity index (χ2v) is 6.59. The van der Waals surface area contributed by atoms with Crippen molar-refractivity contribution in [2.24, 2.45) is 17.3 Å². The summed E-state index contributed by atoms with van der Waals surface area (Å²) in [5.41, 5.74) is 2.17. The lowest BCUT2D eigenvalue weighted by molar-refractivity contribution is -0.157. The fourth-order valence-electron chi connectivity index (χ4n) is 2.21. The van der Waals surface area contributed by atoms with Gasteiger partial charge in [-0.3, -0.25) is 4.79 Å². The molecule has 0 aliphatic heterocycles. The molecule has 0 spiro atoms. The lowest BCUT2D eigenvalue weighted by atomic mass is 10.1. The molecule has 0 aromatic rings. The van der Waals surface area contributed by atoms with E-state index in [1.165, 1.54) is 6.08 Å². The zero-order valence-electron chi connectivity index (χ0n) is 13.1. The third-order valence-electron chi connectivity index (χ3n) is 3.33. The second kappa shape index (κ2) is 5.84. The molecule has 0 unspecified atom stereocenters. The predicted octanol–water partition coefficient (Wildman–Crippen LogP) is 2.87. The molecule has 20 heavy (non-hydrogen) atoms. The first-order valence-corrected chi connectivity index (χ1v) is 6.92. The Bertz CT molecular complexity index is 448. The van der Waals surface area contributed by atoms with Crippen LogP contribution < -0.4 is 0 Å². The Hall–Kier alpha value is -1.54. The van der Waals surface area contributed by atoms with E-state index < -0.39 is 11.6 Å². The maximum Gasteiger partial charge on any atom is 0.338 e. The summed E-state index contributed by atoms with van der Waals surface area (Å²) in [6, 6.07) is 0. The van der Waals surface area contributed by atoms with E-state index >= 15 is 0 Å². The summed E-state index contributed by atoms with van der Waals surface area (Å²) in [7, 11) is 0. The van der Waals surface area contributed by atoms with E-state index in [1.807, 2.05) is 34.6 Å². The molecule has 0 amide bonds. The standard InChI is InChI=1S/C16H24O4/c1-7-19-12(17)10-8-9-11-13(16(11,5)6)14(18)20-15(2,3)4/h9-11,13H,7H2,1-6H3/t8?,11-,13+/m1/s1. The number of rotatable bonds is 4. The van der Waals surface area contributed by atoms with Gasteiger partial charge in [0.05, 0.1) is 18.6 Å². The van der Waals surface area contributed by atoms with Crippen LogP contribution in [0.4, 0.5) is 0 Å². The number of hydrogen-bond acceptors (Lipinski definition) is 4. The Labute approximate surface area is 120 Å². The molecule has 112 valence electrons. The zero-order chi connectivity index (χ0) is 15.6. The Kier molecular flexibility index (Phi) is 4.82. The van der Waals surface area contributed by atoms with E-state index in [1.54, 1.807) is 13.0 Å². The van der Waals surface area contributed by atoms with E-state index in [0.29, 0.717) is 6.61 Å². The molecule has 1 aliphatic carbocycles. The first-order valence-electron chi connectivity index (χ1n) is 6.92. The van der Waals surface area contributed by atoms with Crippen LogP contribution in [0, 0.1) is 17.3 Å². The summed E-state index contributed by atoms with van der Waals surface area (Å²) >= 11 is 0. The third kappa shape index (κ3) is 4.24. The van der Waals surface area contributed by atoms with Gasteiger partial charge in [-0.25, -0.2) is 4.79 Å². The van der Waals surface area contributed by atoms with Crippen LogP contribution in [-0.2, 0) is 19.1 Å². The highest BCUT2D eigenvalue weighted by atomic mass is 16.6. The highest BCUT2D eigenvalue weighted by Gasteiger charge is 2.61. The first-order chi connectivity index (χ1) is 9.09. The summed E-state index contributed by atoms with van der Waals surface area (Å²) in [6.45, 7) is 11.7.